The van der Waals surface area contributed by atoms with Crippen molar-refractivity contribution in [3.8, 4) is 0 Å². The fourth-order valence-electron chi connectivity index (χ4n) is 1.07. The van der Waals surface area contributed by atoms with E-state index in [4.69, 9.17) is 4.89 Å². The first-order chi connectivity index (χ1) is 4.79. The van der Waals surface area contributed by atoms with Crippen LogP contribution in [0.1, 0.15) is 19.3 Å². The third kappa shape index (κ3) is 5.17. The summed E-state index contributed by atoms with van der Waals surface area (Å²) in [6.45, 7) is 1.58. The van der Waals surface area contributed by atoms with Gasteiger partial charge in [0.15, 0.2) is 0 Å². The van der Waals surface area contributed by atoms with Gasteiger partial charge in [0.1, 0.15) is 0 Å². The van der Waals surface area contributed by atoms with Gasteiger partial charge in [-0.15, -0.1) is 0 Å². The molecule has 6 heteroatoms. The smallest absolute Gasteiger partial charge is 0.325 e. The molecule has 1 atom stereocenters. The van der Waals surface area contributed by atoms with Crippen molar-refractivity contribution in [3.63, 3.8) is 0 Å². The van der Waals surface area contributed by atoms with Gasteiger partial charge < -0.3 is 4.89 Å². The van der Waals surface area contributed by atoms with Crippen molar-refractivity contribution in [1.82, 2.24) is 5.06 Å². The van der Waals surface area contributed by atoms with Gasteiger partial charge in [-0.1, -0.05) is 6.42 Å². The number of nitrogens with zero attached hydrogens (tertiary/aromatic N) is 1. The topological polar surface area (TPSA) is 49.8 Å². The molecular weight excluding hydrogens is 177 g/mol. The van der Waals surface area contributed by atoms with E-state index in [1.165, 1.54) is 6.42 Å². The summed E-state index contributed by atoms with van der Waals surface area (Å²) in [6.07, 6.45) is 3.33. The fraction of sp³-hybridized carbons (Fsp3) is 1.00. The average molecular weight is 191 g/mol. The number of piperidine rings is 1. The Morgan fingerprint density at radius 1 is 1.27 bits per heavy atom. The molecule has 0 aromatic carbocycles. The van der Waals surface area contributed by atoms with Gasteiger partial charge in [0.25, 0.3) is 0 Å². The van der Waals surface area contributed by atoms with Crippen LogP contribution in [-0.2, 0) is 9.19 Å². The second-order valence-corrected chi connectivity index (χ2v) is 3.06. The lowest BCUT2D eigenvalue weighted by molar-refractivity contribution is -0.0733. The van der Waals surface area contributed by atoms with Crippen molar-refractivity contribution in [2.45, 2.75) is 19.3 Å². The van der Waals surface area contributed by atoms with Crippen LogP contribution in [0.2, 0.25) is 0 Å². The van der Waals surface area contributed by atoms with Gasteiger partial charge in [-0.2, -0.15) is 5.06 Å². The molecule has 1 N–H and O–H groups in total. The highest BCUT2D eigenvalue weighted by Crippen LogP contribution is 2.20. The van der Waals surface area contributed by atoms with Crippen molar-refractivity contribution in [1.29, 1.82) is 0 Å². The van der Waals surface area contributed by atoms with Crippen molar-refractivity contribution in [2.75, 3.05) is 13.1 Å². The Bertz CT molecular complexity index is 129. The molecule has 1 aliphatic rings. The predicted octanol–water partition coefficient (Wildman–Crippen LogP) is -0.130. The molecular formula is C5H14MgNO3P. The lowest BCUT2D eigenvalue weighted by atomic mass is 10.2. The number of hydrogen-bond acceptors (Lipinski definition) is 3. The van der Waals surface area contributed by atoms with Gasteiger partial charge in [0.05, 0.1) is 0 Å². The first-order valence-electron chi connectivity index (χ1n) is 3.45. The molecule has 1 heterocycles. The minimum absolute atomic E-state index is 0. The van der Waals surface area contributed by atoms with Crippen molar-refractivity contribution in [2.24, 2.45) is 0 Å². The van der Waals surface area contributed by atoms with Crippen LogP contribution in [0, 0.1) is 0 Å². The van der Waals surface area contributed by atoms with Gasteiger partial charge in [-0.05, 0) is 12.8 Å². The van der Waals surface area contributed by atoms with Crippen LogP contribution < -0.4 is 0 Å². The summed E-state index contributed by atoms with van der Waals surface area (Å²) < 4.78 is 14.8. The standard InChI is InChI=1S/C5H12NO3P.Mg.2H/c7-10(8)9-6-4-2-1-3-5-6;;;/h10H,1-5H2,(H,7,8);;;. The van der Waals surface area contributed by atoms with Crippen LogP contribution in [0.15, 0.2) is 0 Å². The minimum Gasteiger partial charge on any atom is -0.325 e. The molecule has 0 spiro atoms. The van der Waals surface area contributed by atoms with Crippen LogP contribution >= 0.6 is 8.25 Å². The zero-order valence-electron chi connectivity index (χ0n) is 5.75. The van der Waals surface area contributed by atoms with Crippen molar-refractivity contribution >= 4 is 31.3 Å². The highest BCUT2D eigenvalue weighted by molar-refractivity contribution is 7.32. The Hall–Kier alpha value is 0.876. The van der Waals surface area contributed by atoms with Gasteiger partial charge >= 0.3 is 31.3 Å². The molecule has 1 rings (SSSR count). The van der Waals surface area contributed by atoms with Gasteiger partial charge in [0.2, 0.25) is 0 Å². The number of hydrogen-bond donors (Lipinski definition) is 1. The monoisotopic (exact) mass is 191 g/mol. The first kappa shape index (κ1) is 11.9. The summed E-state index contributed by atoms with van der Waals surface area (Å²) >= 11 is 0. The fourth-order valence-corrected chi connectivity index (χ4v) is 1.47. The van der Waals surface area contributed by atoms with E-state index in [-0.39, 0.29) is 23.1 Å². The Balaban J connectivity index is 0.000001000. The zero-order chi connectivity index (χ0) is 7.40. The SMILES string of the molecule is O=[PH](O)ON1CCCCC1.[MgH2]. The van der Waals surface area contributed by atoms with Crippen molar-refractivity contribution in [3.05, 3.63) is 0 Å². The average Bonchev–Trinajstić information content (AvgIpc) is 1.88. The van der Waals surface area contributed by atoms with Gasteiger partial charge in [-0.25, -0.2) is 4.62 Å². The van der Waals surface area contributed by atoms with E-state index in [9.17, 15) is 4.57 Å². The summed E-state index contributed by atoms with van der Waals surface area (Å²) in [6, 6.07) is 0. The normalized spacial score (nSPS) is 22.3. The molecule has 0 aliphatic carbocycles. The summed E-state index contributed by atoms with van der Waals surface area (Å²) in [5.74, 6) is 0. The maximum absolute atomic E-state index is 10.2. The molecule has 1 saturated heterocycles. The summed E-state index contributed by atoms with van der Waals surface area (Å²) in [5.41, 5.74) is 0. The van der Waals surface area contributed by atoms with Crippen LogP contribution in [0.5, 0.6) is 0 Å². The maximum Gasteiger partial charge on any atom is 0.333 e. The summed E-state index contributed by atoms with van der Waals surface area (Å²) in [7, 11) is -2.76. The lowest BCUT2D eigenvalue weighted by Gasteiger charge is -2.23. The molecule has 1 unspecified atom stereocenters. The van der Waals surface area contributed by atoms with Gasteiger partial charge in [-0.3, -0.25) is 4.57 Å². The van der Waals surface area contributed by atoms with E-state index < -0.39 is 8.25 Å². The molecule has 0 radical (unpaired) electrons. The van der Waals surface area contributed by atoms with Crippen LogP contribution in [0.3, 0.4) is 0 Å². The zero-order valence-corrected chi connectivity index (χ0v) is 6.75. The molecule has 0 aromatic rings. The molecule has 0 aromatic heterocycles. The quantitative estimate of drug-likeness (QED) is 0.488. The minimum atomic E-state index is -2.76. The molecule has 0 saturated carbocycles. The molecule has 4 nitrogen and oxygen atoms in total. The Labute approximate surface area is 83.0 Å². The molecule has 0 bridgehead atoms. The molecule has 11 heavy (non-hydrogen) atoms. The second-order valence-electron chi connectivity index (χ2n) is 2.35. The number of hydroxylamine groups is 2. The van der Waals surface area contributed by atoms with Crippen LogP contribution in [0.4, 0.5) is 0 Å². The third-order valence-corrected chi connectivity index (χ3v) is 1.94. The molecule has 0 amide bonds. The van der Waals surface area contributed by atoms with Gasteiger partial charge in [0, 0.05) is 13.1 Å². The lowest BCUT2D eigenvalue weighted by Crippen LogP contribution is -2.27. The Morgan fingerprint density at radius 3 is 2.27 bits per heavy atom. The molecule has 64 valence electrons. The molecule has 1 fully saturated rings. The summed E-state index contributed by atoms with van der Waals surface area (Å²) in [5, 5.41) is 1.57. The van der Waals surface area contributed by atoms with E-state index in [1.807, 2.05) is 0 Å². The maximum atomic E-state index is 10.2. The Morgan fingerprint density at radius 2 is 1.82 bits per heavy atom. The van der Waals surface area contributed by atoms with E-state index >= 15 is 0 Å². The van der Waals surface area contributed by atoms with E-state index in [0.29, 0.717) is 0 Å². The second kappa shape index (κ2) is 6.40. The highest BCUT2D eigenvalue weighted by atomic mass is 31.1. The van der Waals surface area contributed by atoms with Crippen molar-refractivity contribution < 1.29 is 14.1 Å². The van der Waals surface area contributed by atoms with Crippen LogP contribution in [0.25, 0.3) is 0 Å². The largest absolute Gasteiger partial charge is 0.333 e. The summed E-state index contributed by atoms with van der Waals surface area (Å²) in [4.78, 5) is 8.39. The molecule has 1 aliphatic heterocycles. The third-order valence-electron chi connectivity index (χ3n) is 1.52. The van der Waals surface area contributed by atoms with E-state index in [0.717, 1.165) is 25.9 Å². The Kier molecular flexibility index (Phi) is 6.91. The first-order valence-corrected chi connectivity index (χ1v) is 4.71. The highest BCUT2D eigenvalue weighted by Gasteiger charge is 2.11. The van der Waals surface area contributed by atoms with Crippen LogP contribution in [-0.4, -0.2) is 46.1 Å². The predicted molar refractivity (Wildman–Crippen MR) is 46.3 cm³/mol. The number of rotatable bonds is 2. The van der Waals surface area contributed by atoms with E-state index in [1.54, 1.807) is 5.06 Å². The van der Waals surface area contributed by atoms with E-state index in [2.05, 4.69) is 4.62 Å².